The van der Waals surface area contributed by atoms with Gasteiger partial charge in [0.1, 0.15) is 24.1 Å². The molecule has 0 saturated carbocycles. The van der Waals surface area contributed by atoms with Crippen molar-refractivity contribution in [1.82, 2.24) is 10.2 Å². The van der Waals surface area contributed by atoms with Gasteiger partial charge in [-0.2, -0.15) is 8.78 Å². The van der Waals surface area contributed by atoms with Gasteiger partial charge in [-0.25, -0.2) is 0 Å². The lowest BCUT2D eigenvalue weighted by atomic mass is 10.2. The van der Waals surface area contributed by atoms with Gasteiger partial charge in [-0.3, -0.25) is 9.59 Å². The highest BCUT2D eigenvalue weighted by Crippen LogP contribution is 2.25. The highest BCUT2D eigenvalue weighted by molar-refractivity contribution is 5.82. The first kappa shape index (κ1) is 27.6. The molecular weight excluding hydrogens is 434 g/mol. The number of nitrogens with zero attached hydrogens (tertiary/aromatic N) is 1. The molecule has 1 amide bonds. The third kappa shape index (κ3) is 9.71. The van der Waals surface area contributed by atoms with E-state index in [1.807, 2.05) is 30.3 Å². The van der Waals surface area contributed by atoms with E-state index in [0.29, 0.717) is 11.8 Å². The number of carbonyl (C=O) groups is 3. The minimum Gasteiger partial charge on any atom is -0.457 e. The minimum atomic E-state index is -1.79. The van der Waals surface area contributed by atoms with Crippen LogP contribution in [0.2, 0.25) is 0 Å². The van der Waals surface area contributed by atoms with Crippen molar-refractivity contribution in [3.05, 3.63) is 71.8 Å². The molecule has 3 rings (SSSR count). The van der Waals surface area contributed by atoms with Crippen LogP contribution in [0.3, 0.4) is 0 Å². The summed E-state index contributed by atoms with van der Waals surface area (Å²) < 4.78 is 34.4. The van der Waals surface area contributed by atoms with E-state index in [4.69, 9.17) is 4.74 Å². The first-order valence-corrected chi connectivity index (χ1v) is 10.0. The second-order valence-electron chi connectivity index (χ2n) is 6.83. The molecule has 0 aromatic heterocycles. The Labute approximate surface area is 192 Å². The maximum absolute atomic E-state index is 12.3. The number of rotatable bonds is 6. The van der Waals surface area contributed by atoms with Gasteiger partial charge < -0.3 is 24.5 Å². The first-order valence-electron chi connectivity index (χ1n) is 10.0. The smallest absolute Gasteiger partial charge is 0.271 e. The number of aldehydes is 2. The van der Waals surface area contributed by atoms with Crippen LogP contribution >= 0.6 is 0 Å². The van der Waals surface area contributed by atoms with Crippen molar-refractivity contribution in [2.24, 2.45) is 0 Å². The fourth-order valence-electron chi connectivity index (χ4n) is 2.77. The van der Waals surface area contributed by atoms with Crippen LogP contribution in [-0.4, -0.2) is 63.8 Å². The van der Waals surface area contributed by atoms with Gasteiger partial charge in [0.25, 0.3) is 6.08 Å². The van der Waals surface area contributed by atoms with E-state index in [-0.39, 0.29) is 31.0 Å². The number of likely N-dealkylation sites (N-methyl/N-ethyl adjacent to an activating group) is 1. The average Bonchev–Trinajstić information content (AvgIpc) is 3.27. The van der Waals surface area contributed by atoms with Gasteiger partial charge in [0.05, 0.1) is 12.6 Å². The Hall–Kier alpha value is -3.43. The molecule has 1 fully saturated rings. The molecule has 0 aliphatic carbocycles. The molecule has 2 aromatic carbocycles. The molecule has 1 aliphatic rings. The Morgan fingerprint density at radius 1 is 1.06 bits per heavy atom. The Balaban J connectivity index is 0.000000295. The highest BCUT2D eigenvalue weighted by atomic mass is 19.3. The number of methoxy groups -OCH3 is 1. The number of ether oxygens (including phenoxy) is 2. The number of nitrogens with one attached hydrogen (secondary N) is 1. The van der Waals surface area contributed by atoms with Crippen molar-refractivity contribution < 1.29 is 32.6 Å². The summed E-state index contributed by atoms with van der Waals surface area (Å²) in [6, 6.07) is 15.8. The zero-order chi connectivity index (χ0) is 24.6. The van der Waals surface area contributed by atoms with E-state index in [1.165, 1.54) is 0 Å². The Morgan fingerprint density at radius 2 is 1.64 bits per heavy atom. The number of amides is 1. The van der Waals surface area contributed by atoms with Crippen LogP contribution < -0.4 is 10.1 Å². The van der Waals surface area contributed by atoms with E-state index in [1.54, 1.807) is 45.5 Å². The number of likely N-dealkylation sites (tertiary alicyclic amines) is 1. The van der Waals surface area contributed by atoms with Crippen molar-refractivity contribution in [2.45, 2.75) is 12.5 Å². The standard InChI is InChI=1S/C13H10O2.C9H12F2N2O2.C2H6O/c14-10-11-6-8-13(9-7-11)15-12-4-2-1-3-5-12;1-12-3-8(15)13-4-6(9(10)11)2-7(13)5-14;1-3-2/h1-10H;5,7,12H,2-4H2,1H3;1-2H3. The quantitative estimate of drug-likeness (QED) is 0.659. The third-order valence-electron chi connectivity index (χ3n) is 4.28. The summed E-state index contributed by atoms with van der Waals surface area (Å²) in [5.74, 6) is 1.18. The zero-order valence-electron chi connectivity index (χ0n) is 18.8. The van der Waals surface area contributed by atoms with E-state index >= 15 is 0 Å². The Bertz CT molecular complexity index is 901. The summed E-state index contributed by atoms with van der Waals surface area (Å²) in [6.07, 6.45) is -0.501. The molecule has 2 aromatic rings. The van der Waals surface area contributed by atoms with Crippen LogP contribution in [0.15, 0.2) is 66.3 Å². The molecule has 33 heavy (non-hydrogen) atoms. The van der Waals surface area contributed by atoms with Crippen molar-refractivity contribution in [2.75, 3.05) is 34.4 Å². The van der Waals surface area contributed by atoms with Crippen LogP contribution in [0.1, 0.15) is 16.8 Å². The fourth-order valence-corrected chi connectivity index (χ4v) is 2.77. The van der Waals surface area contributed by atoms with Crippen LogP contribution in [0.4, 0.5) is 8.78 Å². The van der Waals surface area contributed by atoms with E-state index in [9.17, 15) is 23.2 Å². The van der Waals surface area contributed by atoms with Gasteiger partial charge in [-0.1, -0.05) is 18.2 Å². The fraction of sp³-hybridized carbons (Fsp3) is 0.292. The maximum atomic E-state index is 12.3. The lowest BCUT2D eigenvalue weighted by molar-refractivity contribution is -0.133. The van der Waals surface area contributed by atoms with E-state index < -0.39 is 12.1 Å². The minimum absolute atomic E-state index is 0.0471. The molecule has 1 N–H and O–H groups in total. The molecule has 1 unspecified atom stereocenters. The molecule has 0 radical (unpaired) electrons. The van der Waals surface area contributed by atoms with E-state index in [2.05, 4.69) is 10.1 Å². The summed E-state index contributed by atoms with van der Waals surface area (Å²) >= 11 is 0. The number of hydrogen-bond acceptors (Lipinski definition) is 6. The van der Waals surface area contributed by atoms with Crippen LogP contribution in [0.25, 0.3) is 0 Å². The summed E-state index contributed by atoms with van der Waals surface area (Å²) in [4.78, 5) is 33.6. The van der Waals surface area contributed by atoms with Crippen LogP contribution in [-0.2, 0) is 14.3 Å². The van der Waals surface area contributed by atoms with Crippen molar-refractivity contribution >= 4 is 18.5 Å². The largest absolute Gasteiger partial charge is 0.457 e. The molecule has 0 spiro atoms. The van der Waals surface area contributed by atoms with Crippen molar-refractivity contribution in [1.29, 1.82) is 0 Å². The molecule has 7 nitrogen and oxygen atoms in total. The molecule has 1 heterocycles. The first-order chi connectivity index (χ1) is 15.9. The molecule has 178 valence electrons. The van der Waals surface area contributed by atoms with E-state index in [0.717, 1.165) is 22.7 Å². The van der Waals surface area contributed by atoms with Gasteiger partial charge in [0.2, 0.25) is 5.91 Å². The molecule has 1 atom stereocenters. The maximum Gasteiger partial charge on any atom is 0.271 e. The summed E-state index contributed by atoms with van der Waals surface area (Å²) in [5.41, 5.74) is 0.520. The van der Waals surface area contributed by atoms with Crippen LogP contribution in [0, 0.1) is 0 Å². The number of hydrogen-bond donors (Lipinski definition) is 1. The molecule has 1 saturated heterocycles. The normalized spacial score (nSPS) is 14.3. The second kappa shape index (κ2) is 15.4. The lowest BCUT2D eigenvalue weighted by Crippen LogP contribution is -2.41. The summed E-state index contributed by atoms with van der Waals surface area (Å²) in [6.45, 7) is -0.0994. The Kier molecular flexibility index (Phi) is 12.9. The second-order valence-corrected chi connectivity index (χ2v) is 6.83. The predicted molar refractivity (Wildman–Crippen MR) is 121 cm³/mol. The predicted octanol–water partition coefficient (Wildman–Crippen LogP) is 3.71. The molecular formula is C24H28F2N2O5. The summed E-state index contributed by atoms with van der Waals surface area (Å²) in [7, 11) is 4.83. The molecule has 1 aliphatic heterocycles. The number of para-hydroxylation sites is 1. The number of carbonyl (C=O) groups excluding carboxylic acids is 3. The number of benzene rings is 2. The zero-order valence-corrected chi connectivity index (χ0v) is 18.8. The van der Waals surface area contributed by atoms with Crippen LogP contribution in [0.5, 0.6) is 11.5 Å². The third-order valence-corrected chi connectivity index (χ3v) is 4.28. The highest BCUT2D eigenvalue weighted by Gasteiger charge is 2.33. The summed E-state index contributed by atoms with van der Waals surface area (Å²) in [5, 5.41) is 2.62. The van der Waals surface area contributed by atoms with Gasteiger partial charge >= 0.3 is 0 Å². The van der Waals surface area contributed by atoms with Crippen molar-refractivity contribution in [3.8, 4) is 11.5 Å². The monoisotopic (exact) mass is 462 g/mol. The molecule has 0 bridgehead atoms. The number of halogens is 2. The average molecular weight is 462 g/mol. The topological polar surface area (TPSA) is 84.9 Å². The van der Waals surface area contributed by atoms with Gasteiger partial charge in [0, 0.05) is 38.3 Å². The Morgan fingerprint density at radius 3 is 2.12 bits per heavy atom. The van der Waals surface area contributed by atoms with Gasteiger partial charge in [-0.05, 0) is 43.4 Å². The molecule has 9 heteroatoms. The lowest BCUT2D eigenvalue weighted by Gasteiger charge is -2.19. The van der Waals surface area contributed by atoms with Gasteiger partial charge in [-0.15, -0.1) is 0 Å². The van der Waals surface area contributed by atoms with Gasteiger partial charge in [0.15, 0.2) is 0 Å². The van der Waals surface area contributed by atoms with Crippen molar-refractivity contribution in [3.63, 3.8) is 0 Å². The SMILES string of the molecule is CNCC(=O)N1CC(=C(F)F)CC1C=O.COC.O=Cc1ccc(Oc2ccccc2)cc1.